The van der Waals surface area contributed by atoms with E-state index in [9.17, 15) is 18.0 Å². The van der Waals surface area contributed by atoms with Crippen LogP contribution in [0.1, 0.15) is 11.3 Å². The molecule has 116 valence electrons. The molecule has 0 spiro atoms. The van der Waals surface area contributed by atoms with Gasteiger partial charge < -0.3 is 15.8 Å². The highest BCUT2D eigenvalue weighted by atomic mass is 35.5. The number of halogens is 4. The van der Waals surface area contributed by atoms with E-state index in [0.717, 1.165) is 4.68 Å². The van der Waals surface area contributed by atoms with Crippen molar-refractivity contribution in [2.24, 2.45) is 12.8 Å². The summed E-state index contributed by atoms with van der Waals surface area (Å²) in [5.41, 5.74) is 4.31. The molecule has 1 unspecified atom stereocenters. The lowest BCUT2D eigenvalue weighted by atomic mass is 10.2. The summed E-state index contributed by atoms with van der Waals surface area (Å²) in [6.45, 7) is -0.302. The third-order valence-electron chi connectivity index (χ3n) is 2.31. The minimum Gasteiger partial charge on any atom is -0.383 e. The number of aryl methyl sites for hydroxylation is 1. The van der Waals surface area contributed by atoms with Crippen LogP contribution in [0.5, 0.6) is 0 Å². The molecule has 0 aliphatic heterocycles. The highest BCUT2D eigenvalue weighted by Crippen LogP contribution is 2.30. The number of nitrogens with two attached hydrogens (primary N) is 1. The van der Waals surface area contributed by atoms with E-state index < -0.39 is 23.8 Å². The molecule has 0 radical (unpaired) electrons. The Balaban J connectivity index is 0.00000361. The predicted octanol–water partition coefficient (Wildman–Crippen LogP) is 0.451. The molecule has 0 bridgehead atoms. The van der Waals surface area contributed by atoms with Gasteiger partial charge in [0.1, 0.15) is 6.04 Å². The fourth-order valence-corrected chi connectivity index (χ4v) is 1.47. The topological polar surface area (TPSA) is 82.2 Å². The van der Waals surface area contributed by atoms with E-state index in [0.29, 0.717) is 0 Å². The molecule has 6 nitrogen and oxygen atoms in total. The summed E-state index contributed by atoms with van der Waals surface area (Å²) in [5.74, 6) is -0.584. The summed E-state index contributed by atoms with van der Waals surface area (Å²) in [6.07, 6.45) is -3.36. The van der Waals surface area contributed by atoms with Gasteiger partial charge >= 0.3 is 6.18 Å². The Kier molecular flexibility index (Phi) is 6.97. The SMILES string of the molecule is COCC(N)C(=O)NCc1cn(C)nc1C(F)(F)F.Cl. The van der Waals surface area contributed by atoms with E-state index >= 15 is 0 Å². The van der Waals surface area contributed by atoms with Gasteiger partial charge in [0.2, 0.25) is 5.91 Å². The molecule has 1 heterocycles. The molecule has 0 fully saturated rings. The number of amides is 1. The van der Waals surface area contributed by atoms with E-state index in [2.05, 4.69) is 15.2 Å². The monoisotopic (exact) mass is 316 g/mol. The molecule has 0 saturated carbocycles. The van der Waals surface area contributed by atoms with Gasteiger partial charge in [0, 0.05) is 32.5 Å². The average molecular weight is 317 g/mol. The second kappa shape index (κ2) is 7.46. The predicted molar refractivity (Wildman–Crippen MR) is 67.2 cm³/mol. The second-order valence-electron chi connectivity index (χ2n) is 3.95. The van der Waals surface area contributed by atoms with Gasteiger partial charge in [0.05, 0.1) is 6.61 Å². The zero-order valence-electron chi connectivity index (χ0n) is 10.9. The number of methoxy groups -OCH3 is 1. The first-order valence-corrected chi connectivity index (χ1v) is 5.37. The van der Waals surface area contributed by atoms with E-state index in [1.165, 1.54) is 20.4 Å². The number of hydrogen-bond donors (Lipinski definition) is 2. The number of nitrogens with one attached hydrogen (secondary N) is 1. The van der Waals surface area contributed by atoms with Crippen LogP contribution in [0.4, 0.5) is 13.2 Å². The molecule has 1 aromatic rings. The molecule has 1 rings (SSSR count). The maximum atomic E-state index is 12.6. The van der Waals surface area contributed by atoms with Crippen LogP contribution in [0.15, 0.2) is 6.20 Å². The lowest BCUT2D eigenvalue weighted by Gasteiger charge is -2.11. The fourth-order valence-electron chi connectivity index (χ4n) is 1.47. The van der Waals surface area contributed by atoms with E-state index in [-0.39, 0.29) is 31.1 Å². The number of ether oxygens (including phenoxy) is 1. The molecule has 1 aromatic heterocycles. The fraction of sp³-hybridized carbons (Fsp3) is 0.600. The van der Waals surface area contributed by atoms with Crippen molar-refractivity contribution in [3.63, 3.8) is 0 Å². The van der Waals surface area contributed by atoms with Crippen molar-refractivity contribution in [1.29, 1.82) is 0 Å². The molecule has 0 saturated heterocycles. The Morgan fingerprint density at radius 3 is 2.70 bits per heavy atom. The van der Waals surface area contributed by atoms with Gasteiger partial charge in [-0.2, -0.15) is 18.3 Å². The van der Waals surface area contributed by atoms with Gasteiger partial charge in [0.25, 0.3) is 0 Å². The van der Waals surface area contributed by atoms with Crippen LogP contribution < -0.4 is 11.1 Å². The summed E-state index contributed by atoms with van der Waals surface area (Å²) in [6, 6.07) is -0.920. The van der Waals surface area contributed by atoms with Crippen LogP contribution in [-0.2, 0) is 29.3 Å². The van der Waals surface area contributed by atoms with Crippen LogP contribution in [0, 0.1) is 0 Å². The summed E-state index contributed by atoms with van der Waals surface area (Å²) >= 11 is 0. The van der Waals surface area contributed by atoms with Crippen molar-refractivity contribution in [3.05, 3.63) is 17.5 Å². The van der Waals surface area contributed by atoms with Crippen LogP contribution in [0.3, 0.4) is 0 Å². The first-order valence-electron chi connectivity index (χ1n) is 5.37. The normalized spacial score (nSPS) is 12.7. The standard InChI is InChI=1S/C10H15F3N4O2.ClH/c1-17-4-6(8(16-17)10(11,12)13)3-15-9(18)7(14)5-19-2;/h4,7H,3,5,14H2,1-2H3,(H,15,18);1H. The highest BCUT2D eigenvalue weighted by molar-refractivity contribution is 5.85. The minimum atomic E-state index is -4.56. The lowest BCUT2D eigenvalue weighted by Crippen LogP contribution is -2.43. The molecule has 3 N–H and O–H groups in total. The summed E-state index contributed by atoms with van der Waals surface area (Å²) in [5, 5.41) is 5.64. The number of carbonyl (C=O) groups is 1. The number of nitrogens with zero attached hydrogens (tertiary/aromatic N) is 2. The number of alkyl halides is 3. The Labute approximate surface area is 119 Å². The van der Waals surface area contributed by atoms with Crippen LogP contribution in [0.25, 0.3) is 0 Å². The summed E-state index contributed by atoms with van der Waals surface area (Å²) in [7, 11) is 2.74. The Hall–Kier alpha value is -1.32. The van der Waals surface area contributed by atoms with Crippen molar-refractivity contribution in [3.8, 4) is 0 Å². The van der Waals surface area contributed by atoms with Gasteiger partial charge in [-0.15, -0.1) is 12.4 Å². The van der Waals surface area contributed by atoms with Crippen molar-refractivity contribution < 1.29 is 22.7 Å². The number of carbonyl (C=O) groups excluding carboxylic acids is 1. The maximum absolute atomic E-state index is 12.6. The number of aromatic nitrogens is 2. The van der Waals surface area contributed by atoms with Crippen LogP contribution >= 0.6 is 12.4 Å². The molecular weight excluding hydrogens is 301 g/mol. The van der Waals surface area contributed by atoms with Crippen LogP contribution in [-0.4, -0.2) is 35.4 Å². The Morgan fingerprint density at radius 1 is 1.60 bits per heavy atom. The van der Waals surface area contributed by atoms with Gasteiger partial charge in [-0.25, -0.2) is 0 Å². The third-order valence-corrected chi connectivity index (χ3v) is 2.31. The van der Waals surface area contributed by atoms with Crippen molar-refractivity contribution in [2.75, 3.05) is 13.7 Å². The van der Waals surface area contributed by atoms with E-state index in [4.69, 9.17) is 5.73 Å². The number of hydrogen-bond acceptors (Lipinski definition) is 4. The molecule has 0 aliphatic carbocycles. The minimum absolute atomic E-state index is 0. The smallest absolute Gasteiger partial charge is 0.383 e. The molecule has 0 aromatic carbocycles. The molecular formula is C10H16ClF3N4O2. The first kappa shape index (κ1) is 18.7. The Morgan fingerprint density at radius 2 is 2.20 bits per heavy atom. The maximum Gasteiger partial charge on any atom is 0.435 e. The van der Waals surface area contributed by atoms with Gasteiger partial charge in [-0.05, 0) is 0 Å². The highest BCUT2D eigenvalue weighted by Gasteiger charge is 2.36. The average Bonchev–Trinajstić information content (AvgIpc) is 2.67. The molecule has 10 heteroatoms. The summed E-state index contributed by atoms with van der Waals surface area (Å²) in [4.78, 5) is 11.4. The third kappa shape index (κ3) is 4.99. The number of rotatable bonds is 5. The van der Waals surface area contributed by atoms with Gasteiger partial charge in [-0.3, -0.25) is 9.48 Å². The first-order chi connectivity index (χ1) is 8.75. The molecule has 1 amide bonds. The second-order valence-corrected chi connectivity index (χ2v) is 3.95. The zero-order valence-corrected chi connectivity index (χ0v) is 11.7. The molecule has 0 aliphatic rings. The van der Waals surface area contributed by atoms with Crippen molar-refractivity contribution in [2.45, 2.75) is 18.8 Å². The largest absolute Gasteiger partial charge is 0.435 e. The molecule has 1 atom stereocenters. The zero-order chi connectivity index (χ0) is 14.6. The molecule has 20 heavy (non-hydrogen) atoms. The van der Waals surface area contributed by atoms with Crippen molar-refractivity contribution >= 4 is 18.3 Å². The van der Waals surface area contributed by atoms with E-state index in [1.54, 1.807) is 0 Å². The Bertz CT molecular complexity index is 450. The summed E-state index contributed by atoms with van der Waals surface area (Å²) < 4.78 is 43.6. The van der Waals surface area contributed by atoms with Crippen molar-refractivity contribution in [1.82, 2.24) is 15.1 Å². The van der Waals surface area contributed by atoms with Gasteiger partial charge in [-0.1, -0.05) is 0 Å². The van der Waals surface area contributed by atoms with Crippen LogP contribution in [0.2, 0.25) is 0 Å². The van der Waals surface area contributed by atoms with Gasteiger partial charge in [0.15, 0.2) is 5.69 Å². The quantitative estimate of drug-likeness (QED) is 0.826. The van der Waals surface area contributed by atoms with E-state index in [1.807, 2.05) is 0 Å². The lowest BCUT2D eigenvalue weighted by molar-refractivity contribution is -0.142.